The van der Waals surface area contributed by atoms with E-state index in [-0.39, 0.29) is 6.04 Å². The summed E-state index contributed by atoms with van der Waals surface area (Å²) in [7, 11) is 0. The zero-order chi connectivity index (χ0) is 10.7. The minimum absolute atomic E-state index is 0.271. The van der Waals surface area contributed by atoms with Crippen LogP contribution in [0.5, 0.6) is 0 Å². The first-order chi connectivity index (χ1) is 7.29. The topological polar surface area (TPSA) is 45.0 Å². The zero-order valence-corrected chi connectivity index (χ0v) is 8.73. The summed E-state index contributed by atoms with van der Waals surface area (Å²) >= 11 is 0. The van der Waals surface area contributed by atoms with Crippen LogP contribution in [0.4, 0.5) is 0 Å². The number of benzene rings is 1. The maximum atomic E-state index is 8.79. The van der Waals surface area contributed by atoms with E-state index in [4.69, 9.17) is 10.00 Å². The monoisotopic (exact) mass is 202 g/mol. The van der Waals surface area contributed by atoms with E-state index < -0.39 is 0 Å². The van der Waals surface area contributed by atoms with Gasteiger partial charge in [0.1, 0.15) is 0 Å². The van der Waals surface area contributed by atoms with Crippen molar-refractivity contribution in [2.75, 3.05) is 13.2 Å². The van der Waals surface area contributed by atoms with Crippen LogP contribution in [0.1, 0.15) is 24.1 Å². The lowest BCUT2D eigenvalue weighted by molar-refractivity contribution is -0.00925. The molecule has 3 nitrogen and oxygen atoms in total. The Morgan fingerprint density at radius 2 is 2.33 bits per heavy atom. The van der Waals surface area contributed by atoms with Gasteiger partial charge in [0.2, 0.25) is 0 Å². The van der Waals surface area contributed by atoms with E-state index in [1.807, 2.05) is 24.3 Å². The number of nitriles is 1. The number of hydrogen-bond acceptors (Lipinski definition) is 3. The van der Waals surface area contributed by atoms with Gasteiger partial charge >= 0.3 is 0 Å². The lowest BCUT2D eigenvalue weighted by Gasteiger charge is -2.30. The molecule has 0 radical (unpaired) electrons. The molecule has 1 heterocycles. The summed E-state index contributed by atoms with van der Waals surface area (Å²) in [6, 6.07) is 10.6. The molecule has 0 aromatic heterocycles. The fraction of sp³-hybridized carbons (Fsp3) is 0.417. The maximum absolute atomic E-state index is 8.79. The van der Waals surface area contributed by atoms with Gasteiger partial charge in [0.25, 0.3) is 0 Å². The lowest BCUT2D eigenvalue weighted by atomic mass is 10.0. The van der Waals surface area contributed by atoms with Crippen LogP contribution in [0.25, 0.3) is 0 Å². The van der Waals surface area contributed by atoms with E-state index in [2.05, 4.69) is 18.3 Å². The molecule has 1 aliphatic heterocycles. The Morgan fingerprint density at radius 3 is 2.93 bits per heavy atom. The van der Waals surface area contributed by atoms with E-state index in [9.17, 15) is 0 Å². The molecular formula is C12H14N2O. The van der Waals surface area contributed by atoms with E-state index in [0.29, 0.717) is 11.6 Å². The molecule has 3 heteroatoms. The van der Waals surface area contributed by atoms with Crippen LogP contribution in [0, 0.1) is 11.3 Å². The molecule has 1 unspecified atom stereocenters. The number of nitrogens with zero attached hydrogens (tertiary/aromatic N) is 1. The Labute approximate surface area is 89.7 Å². The first-order valence-electron chi connectivity index (χ1n) is 5.13. The van der Waals surface area contributed by atoms with Crippen molar-refractivity contribution in [2.24, 2.45) is 0 Å². The van der Waals surface area contributed by atoms with Crippen molar-refractivity contribution in [1.29, 1.82) is 5.26 Å². The van der Waals surface area contributed by atoms with Crippen molar-refractivity contribution in [3.8, 4) is 6.07 Å². The highest BCUT2D eigenvalue weighted by atomic mass is 16.5. The summed E-state index contributed by atoms with van der Waals surface area (Å²) in [5.74, 6) is 0. The summed E-state index contributed by atoms with van der Waals surface area (Å²) < 4.78 is 5.10. The van der Waals surface area contributed by atoms with Gasteiger partial charge in [0, 0.05) is 6.04 Å². The molecule has 0 bridgehead atoms. The quantitative estimate of drug-likeness (QED) is 0.809. The molecule has 1 N–H and O–H groups in total. The second-order valence-corrected chi connectivity index (χ2v) is 3.86. The van der Waals surface area contributed by atoms with Crippen molar-refractivity contribution in [2.45, 2.75) is 19.0 Å². The van der Waals surface area contributed by atoms with Gasteiger partial charge in [-0.3, -0.25) is 0 Å². The van der Waals surface area contributed by atoms with Crippen LogP contribution >= 0.6 is 0 Å². The SMILES string of the molecule is CC(NC1COC1)c1cccc(C#N)c1. The van der Waals surface area contributed by atoms with Gasteiger partial charge in [-0.1, -0.05) is 12.1 Å². The third-order valence-electron chi connectivity index (χ3n) is 2.64. The molecule has 1 aromatic carbocycles. The van der Waals surface area contributed by atoms with E-state index in [0.717, 1.165) is 18.8 Å². The standard InChI is InChI=1S/C12H14N2O/c1-9(14-12-7-15-8-12)11-4-2-3-10(5-11)6-13/h2-5,9,12,14H,7-8H2,1H3. The Balaban J connectivity index is 2.03. The van der Waals surface area contributed by atoms with Crippen LogP contribution in [-0.4, -0.2) is 19.3 Å². The normalized spacial score (nSPS) is 17.9. The van der Waals surface area contributed by atoms with E-state index in [1.165, 1.54) is 0 Å². The smallest absolute Gasteiger partial charge is 0.0991 e. The number of ether oxygens (including phenoxy) is 1. The van der Waals surface area contributed by atoms with Gasteiger partial charge in [-0.2, -0.15) is 5.26 Å². The highest BCUT2D eigenvalue weighted by Gasteiger charge is 2.20. The summed E-state index contributed by atoms with van der Waals surface area (Å²) in [5, 5.41) is 12.2. The largest absolute Gasteiger partial charge is 0.378 e. The first-order valence-corrected chi connectivity index (χ1v) is 5.13. The Morgan fingerprint density at radius 1 is 1.53 bits per heavy atom. The van der Waals surface area contributed by atoms with Crippen molar-refractivity contribution < 1.29 is 4.74 Å². The summed E-state index contributed by atoms with van der Waals surface area (Å²) in [6.07, 6.45) is 0. The molecule has 0 aliphatic carbocycles. The van der Waals surface area contributed by atoms with Crippen LogP contribution in [0.3, 0.4) is 0 Å². The Hall–Kier alpha value is -1.37. The van der Waals surface area contributed by atoms with Crippen molar-refractivity contribution in [1.82, 2.24) is 5.32 Å². The van der Waals surface area contributed by atoms with Crippen molar-refractivity contribution in [3.05, 3.63) is 35.4 Å². The zero-order valence-electron chi connectivity index (χ0n) is 8.73. The molecule has 15 heavy (non-hydrogen) atoms. The Bertz CT molecular complexity index is 379. The molecule has 1 aromatic rings. The molecule has 2 rings (SSSR count). The Kier molecular flexibility index (Phi) is 3.00. The molecule has 1 saturated heterocycles. The predicted octanol–water partition coefficient (Wildman–Crippen LogP) is 1.61. The number of rotatable bonds is 3. The summed E-state index contributed by atoms with van der Waals surface area (Å²) in [6.45, 7) is 3.69. The second kappa shape index (κ2) is 4.43. The number of hydrogen-bond donors (Lipinski definition) is 1. The third kappa shape index (κ3) is 2.35. The van der Waals surface area contributed by atoms with Gasteiger partial charge in [0.15, 0.2) is 0 Å². The van der Waals surface area contributed by atoms with Crippen molar-refractivity contribution in [3.63, 3.8) is 0 Å². The molecular weight excluding hydrogens is 188 g/mol. The van der Waals surface area contributed by atoms with Crippen molar-refractivity contribution >= 4 is 0 Å². The first kappa shape index (κ1) is 10.2. The molecule has 1 aliphatic rings. The van der Waals surface area contributed by atoms with Crippen LogP contribution in [0.2, 0.25) is 0 Å². The van der Waals surface area contributed by atoms with Crippen LogP contribution in [-0.2, 0) is 4.74 Å². The molecule has 0 amide bonds. The molecule has 0 spiro atoms. The van der Waals surface area contributed by atoms with E-state index in [1.54, 1.807) is 0 Å². The molecule has 0 saturated carbocycles. The highest BCUT2D eigenvalue weighted by molar-refractivity contribution is 5.34. The third-order valence-corrected chi connectivity index (χ3v) is 2.64. The van der Waals surface area contributed by atoms with Gasteiger partial charge < -0.3 is 10.1 Å². The van der Waals surface area contributed by atoms with Gasteiger partial charge in [-0.25, -0.2) is 0 Å². The van der Waals surface area contributed by atoms with Gasteiger partial charge in [-0.05, 0) is 24.6 Å². The lowest BCUT2D eigenvalue weighted by Crippen LogP contribution is -2.46. The average molecular weight is 202 g/mol. The second-order valence-electron chi connectivity index (χ2n) is 3.86. The van der Waals surface area contributed by atoms with E-state index >= 15 is 0 Å². The summed E-state index contributed by atoms with van der Waals surface area (Å²) in [4.78, 5) is 0. The molecule has 1 fully saturated rings. The average Bonchev–Trinajstić information content (AvgIpc) is 2.23. The predicted molar refractivity (Wildman–Crippen MR) is 57.3 cm³/mol. The molecule has 78 valence electrons. The van der Waals surface area contributed by atoms with Crippen LogP contribution in [0.15, 0.2) is 24.3 Å². The fourth-order valence-electron chi connectivity index (χ4n) is 1.66. The summed E-state index contributed by atoms with van der Waals surface area (Å²) in [5.41, 5.74) is 1.87. The van der Waals surface area contributed by atoms with Gasteiger partial charge in [-0.15, -0.1) is 0 Å². The maximum Gasteiger partial charge on any atom is 0.0991 e. The minimum Gasteiger partial charge on any atom is -0.378 e. The minimum atomic E-state index is 0.271. The molecule has 1 atom stereocenters. The highest BCUT2D eigenvalue weighted by Crippen LogP contribution is 2.16. The van der Waals surface area contributed by atoms with Gasteiger partial charge in [0.05, 0.1) is 30.9 Å². The van der Waals surface area contributed by atoms with Crippen LogP contribution < -0.4 is 5.32 Å². The number of nitrogens with one attached hydrogen (secondary N) is 1. The fourth-order valence-corrected chi connectivity index (χ4v) is 1.66.